The van der Waals surface area contributed by atoms with Gasteiger partial charge in [0.1, 0.15) is 37.1 Å². The molecule has 4 aromatic rings. The quantitative estimate of drug-likeness (QED) is 0.0561. The minimum atomic E-state index is -1.88. The topological polar surface area (TPSA) is 183 Å². The average Bonchev–Trinajstić information content (AvgIpc) is 3.72. The van der Waals surface area contributed by atoms with Crippen molar-refractivity contribution in [1.82, 2.24) is 4.90 Å². The van der Waals surface area contributed by atoms with Gasteiger partial charge in [0.2, 0.25) is 0 Å². The van der Waals surface area contributed by atoms with Crippen LogP contribution < -0.4 is 0 Å². The van der Waals surface area contributed by atoms with Gasteiger partial charge in [0.25, 0.3) is 5.91 Å². The smallest absolute Gasteiger partial charge is 0.417 e. The van der Waals surface area contributed by atoms with E-state index in [0.29, 0.717) is 11.1 Å². The summed E-state index contributed by atoms with van der Waals surface area (Å²) in [6.07, 6.45) is -7.74. The molecule has 2 amide bonds. The standard InChI is InChI=1S/C50H55NO14/c1-32-16-14-23-37(26-32)38(27-41(55)43(64-33(2)53)46(58-3)48(56)51-39(31-63-50(51)57)36-21-12-7-13-22-36)40(54)24-15-25-60-47-45(62-30-35-19-10-6-11-20-35)44(42(28-52)65-49(47)59-4)61-29-34-17-8-5-9-18-34/h5-14,16-23,26-27,39,42-47,49,52H,15,24-25,28-31H2,1-4H3. The number of cyclic esters (lactones) is 1. The molecule has 2 aliphatic heterocycles. The molecule has 15 heteroatoms. The first-order valence-corrected chi connectivity index (χ1v) is 21.3. The zero-order chi connectivity index (χ0) is 46.3. The predicted octanol–water partition coefficient (Wildman–Crippen LogP) is 5.88. The van der Waals surface area contributed by atoms with E-state index in [-0.39, 0.29) is 51.4 Å². The van der Waals surface area contributed by atoms with Gasteiger partial charge < -0.3 is 43.0 Å². The van der Waals surface area contributed by atoms with Gasteiger partial charge in [0, 0.05) is 39.7 Å². The first-order chi connectivity index (χ1) is 31.5. The number of imide groups is 1. The van der Waals surface area contributed by atoms with Crippen molar-refractivity contribution in [2.75, 3.05) is 34.0 Å². The van der Waals surface area contributed by atoms with E-state index in [9.17, 15) is 29.1 Å². The van der Waals surface area contributed by atoms with Crippen molar-refractivity contribution in [3.05, 3.63) is 149 Å². The Balaban J connectivity index is 1.21. The van der Waals surface area contributed by atoms with Crippen molar-refractivity contribution in [3.8, 4) is 0 Å². The third kappa shape index (κ3) is 12.7. The molecular weight excluding hydrogens is 839 g/mol. The number of carbonyl (C=O) groups is 5. The van der Waals surface area contributed by atoms with E-state index >= 15 is 0 Å². The van der Waals surface area contributed by atoms with Gasteiger partial charge in [-0.05, 0) is 41.7 Å². The number of benzene rings is 4. The molecule has 2 aliphatic rings. The summed E-state index contributed by atoms with van der Waals surface area (Å²) in [5, 5.41) is 10.4. The number of nitrogens with zero attached hydrogens (tertiary/aromatic N) is 1. The normalized spacial score (nSPS) is 21.9. The fourth-order valence-electron chi connectivity index (χ4n) is 7.79. The molecule has 0 spiro atoms. The van der Waals surface area contributed by atoms with Crippen LogP contribution in [0.2, 0.25) is 0 Å². The molecule has 2 saturated heterocycles. The Labute approximate surface area is 378 Å². The fourth-order valence-corrected chi connectivity index (χ4v) is 7.79. The molecule has 8 atom stereocenters. The van der Waals surface area contributed by atoms with Crippen LogP contribution >= 0.6 is 0 Å². The second-order valence-electron chi connectivity index (χ2n) is 15.6. The van der Waals surface area contributed by atoms with Gasteiger partial charge in [-0.25, -0.2) is 9.69 Å². The Morgan fingerprint density at radius 2 is 1.43 bits per heavy atom. The number of aryl methyl sites for hydroxylation is 1. The third-order valence-corrected chi connectivity index (χ3v) is 11.0. The fraction of sp³-hybridized carbons (Fsp3) is 0.380. The summed E-state index contributed by atoms with van der Waals surface area (Å²) in [4.78, 5) is 68.8. The summed E-state index contributed by atoms with van der Waals surface area (Å²) in [5.41, 5.74) is 3.59. The molecule has 0 aliphatic carbocycles. The highest BCUT2D eigenvalue weighted by atomic mass is 16.7. The highest BCUT2D eigenvalue weighted by Gasteiger charge is 2.49. The highest BCUT2D eigenvalue weighted by molar-refractivity contribution is 6.25. The predicted molar refractivity (Wildman–Crippen MR) is 235 cm³/mol. The van der Waals surface area contributed by atoms with Crippen molar-refractivity contribution in [2.24, 2.45) is 0 Å². The Bertz CT molecular complexity index is 2240. The molecule has 0 saturated carbocycles. The van der Waals surface area contributed by atoms with E-state index in [1.807, 2.05) is 73.7 Å². The Hall–Kier alpha value is -5.91. The maximum Gasteiger partial charge on any atom is 0.417 e. The van der Waals surface area contributed by atoms with Crippen molar-refractivity contribution in [3.63, 3.8) is 0 Å². The minimum absolute atomic E-state index is 0.0131. The van der Waals surface area contributed by atoms with E-state index in [2.05, 4.69) is 0 Å². The summed E-state index contributed by atoms with van der Waals surface area (Å²) >= 11 is 0. The maximum absolute atomic E-state index is 14.3. The lowest BCUT2D eigenvalue weighted by atomic mass is 9.94. The van der Waals surface area contributed by atoms with Crippen LogP contribution in [0.3, 0.4) is 0 Å². The summed E-state index contributed by atoms with van der Waals surface area (Å²) in [5.74, 6) is -3.25. The van der Waals surface area contributed by atoms with Gasteiger partial charge >= 0.3 is 12.1 Å². The molecule has 15 nitrogen and oxygen atoms in total. The van der Waals surface area contributed by atoms with Gasteiger partial charge in [-0.3, -0.25) is 19.2 Å². The largest absolute Gasteiger partial charge is 0.451 e. The number of methoxy groups -OCH3 is 2. The average molecular weight is 894 g/mol. The van der Waals surface area contributed by atoms with E-state index in [4.69, 9.17) is 37.9 Å². The number of allylic oxidation sites excluding steroid dienone is 1. The molecule has 6 rings (SSSR count). The number of rotatable bonds is 22. The number of aliphatic hydroxyl groups excluding tert-OH is 1. The molecular formula is C50H55NO14. The number of amides is 2. The Kier molecular flexibility index (Phi) is 17.8. The lowest BCUT2D eigenvalue weighted by Crippen LogP contribution is -2.61. The van der Waals surface area contributed by atoms with Crippen LogP contribution in [-0.2, 0) is 70.3 Å². The summed E-state index contributed by atoms with van der Waals surface area (Å²) in [7, 11) is 2.60. The van der Waals surface area contributed by atoms with E-state index < -0.39 is 78.5 Å². The number of hydrogen-bond acceptors (Lipinski definition) is 14. The van der Waals surface area contributed by atoms with Crippen LogP contribution in [0.1, 0.15) is 53.6 Å². The molecule has 4 aromatic carbocycles. The van der Waals surface area contributed by atoms with Crippen LogP contribution in [0.5, 0.6) is 0 Å². The molecule has 65 heavy (non-hydrogen) atoms. The molecule has 8 unspecified atom stereocenters. The monoisotopic (exact) mass is 893 g/mol. The molecule has 2 heterocycles. The van der Waals surface area contributed by atoms with Gasteiger partial charge in [-0.1, -0.05) is 121 Å². The van der Waals surface area contributed by atoms with Gasteiger partial charge in [-0.2, -0.15) is 0 Å². The molecule has 344 valence electrons. The second kappa shape index (κ2) is 23.9. The van der Waals surface area contributed by atoms with Crippen LogP contribution in [0.25, 0.3) is 5.57 Å². The van der Waals surface area contributed by atoms with E-state index in [1.165, 1.54) is 7.11 Å². The lowest BCUT2D eigenvalue weighted by molar-refractivity contribution is -0.319. The lowest BCUT2D eigenvalue weighted by Gasteiger charge is -2.45. The summed E-state index contributed by atoms with van der Waals surface area (Å²) < 4.78 is 47.3. The Morgan fingerprint density at radius 3 is 2.02 bits per heavy atom. The van der Waals surface area contributed by atoms with Crippen LogP contribution in [0.15, 0.2) is 121 Å². The van der Waals surface area contributed by atoms with Crippen molar-refractivity contribution in [1.29, 1.82) is 0 Å². The summed E-state index contributed by atoms with van der Waals surface area (Å²) in [6, 6.07) is 33.9. The molecule has 0 bridgehead atoms. The first kappa shape index (κ1) is 48.5. The van der Waals surface area contributed by atoms with E-state index in [1.54, 1.807) is 48.5 Å². The molecule has 2 fully saturated rings. The number of ether oxygens (including phenoxy) is 8. The molecule has 0 aromatic heterocycles. The van der Waals surface area contributed by atoms with Crippen molar-refractivity contribution < 1.29 is 67.0 Å². The van der Waals surface area contributed by atoms with Crippen LogP contribution in [0, 0.1) is 6.92 Å². The maximum atomic E-state index is 14.3. The number of esters is 1. The van der Waals surface area contributed by atoms with E-state index in [0.717, 1.165) is 41.7 Å². The number of aliphatic hydroxyl groups is 1. The van der Waals surface area contributed by atoms with Crippen molar-refractivity contribution in [2.45, 2.75) is 88.9 Å². The first-order valence-electron chi connectivity index (χ1n) is 21.3. The number of carbonyl (C=O) groups excluding carboxylic acids is 5. The number of ketones is 2. The minimum Gasteiger partial charge on any atom is -0.451 e. The Morgan fingerprint density at radius 1 is 0.800 bits per heavy atom. The van der Waals surface area contributed by atoms with Gasteiger partial charge in [0.05, 0.1) is 19.8 Å². The van der Waals surface area contributed by atoms with Gasteiger partial charge in [0.15, 0.2) is 30.1 Å². The molecule has 0 radical (unpaired) electrons. The zero-order valence-corrected chi connectivity index (χ0v) is 36.8. The highest BCUT2D eigenvalue weighted by Crippen LogP contribution is 2.32. The SMILES string of the molecule is COC1OC(CO)C(OCc2ccccc2)C(OCc2ccccc2)C1OCCCC(=O)C(=CC(=O)C(OC(C)=O)C(OC)C(=O)N1C(=O)OCC1c1ccccc1)c1cccc(C)c1. The van der Waals surface area contributed by atoms with Gasteiger partial charge in [-0.15, -0.1) is 0 Å². The third-order valence-electron chi connectivity index (χ3n) is 11.0. The second-order valence-corrected chi connectivity index (χ2v) is 15.6. The molecule has 1 N–H and O–H groups in total. The van der Waals surface area contributed by atoms with Crippen molar-refractivity contribution >= 4 is 35.1 Å². The summed E-state index contributed by atoms with van der Waals surface area (Å²) in [6.45, 7) is 2.79. The van der Waals surface area contributed by atoms with Crippen LogP contribution in [-0.4, -0.2) is 116 Å². The van der Waals surface area contributed by atoms with Crippen LogP contribution in [0.4, 0.5) is 4.79 Å². The zero-order valence-electron chi connectivity index (χ0n) is 36.8. The number of Topliss-reactive ketones (excluding diaryl/α,β-unsaturated/α-hetero) is 1. The number of hydrogen-bond donors (Lipinski definition) is 1.